The van der Waals surface area contributed by atoms with Crippen molar-refractivity contribution in [1.82, 2.24) is 4.57 Å². The van der Waals surface area contributed by atoms with Gasteiger partial charge in [-0.25, -0.2) is 4.79 Å². The summed E-state index contributed by atoms with van der Waals surface area (Å²) in [5.74, 6) is -1.56. The van der Waals surface area contributed by atoms with Gasteiger partial charge in [-0.05, 0) is 34.1 Å². The molecule has 104 valence electrons. The highest BCUT2D eigenvalue weighted by Gasteiger charge is 2.18. The first-order chi connectivity index (χ1) is 9.40. The third-order valence-corrected chi connectivity index (χ3v) is 3.55. The van der Waals surface area contributed by atoms with Crippen LogP contribution in [0.2, 0.25) is 5.02 Å². The summed E-state index contributed by atoms with van der Waals surface area (Å²) in [5, 5.41) is 12.2. The van der Waals surface area contributed by atoms with Crippen LogP contribution in [0.25, 0.3) is 0 Å². The fourth-order valence-electron chi connectivity index (χ4n) is 1.76. The van der Waals surface area contributed by atoms with Crippen LogP contribution in [-0.2, 0) is 7.05 Å². The number of para-hydroxylation sites is 1. The zero-order chi connectivity index (χ0) is 14.9. The average molecular weight is 358 g/mol. The van der Waals surface area contributed by atoms with E-state index < -0.39 is 11.9 Å². The third kappa shape index (κ3) is 2.86. The van der Waals surface area contributed by atoms with Crippen molar-refractivity contribution in [2.45, 2.75) is 0 Å². The topological polar surface area (TPSA) is 71.3 Å². The number of rotatable bonds is 3. The lowest BCUT2D eigenvalue weighted by Gasteiger charge is -2.10. The zero-order valence-electron chi connectivity index (χ0n) is 10.4. The summed E-state index contributed by atoms with van der Waals surface area (Å²) in [4.78, 5) is 23.3. The van der Waals surface area contributed by atoms with Gasteiger partial charge in [-0.1, -0.05) is 17.7 Å². The lowest BCUT2D eigenvalue weighted by Crippen LogP contribution is -2.17. The van der Waals surface area contributed by atoms with Gasteiger partial charge in [0, 0.05) is 17.7 Å². The van der Waals surface area contributed by atoms with Gasteiger partial charge in [0.05, 0.1) is 16.3 Å². The number of carboxylic acid groups (broad SMARTS) is 1. The quantitative estimate of drug-likeness (QED) is 0.884. The summed E-state index contributed by atoms with van der Waals surface area (Å²) in [7, 11) is 1.68. The maximum atomic E-state index is 12.2. The summed E-state index contributed by atoms with van der Waals surface area (Å²) in [6.07, 6.45) is 1.59. The Kier molecular flexibility index (Phi) is 4.15. The number of nitrogens with one attached hydrogen (secondary N) is 1. The monoisotopic (exact) mass is 356 g/mol. The minimum absolute atomic E-state index is 0.00744. The average Bonchev–Trinajstić information content (AvgIpc) is 2.70. The number of halogens is 2. The number of hydrogen-bond donors (Lipinski definition) is 2. The van der Waals surface area contributed by atoms with Crippen LogP contribution in [0.5, 0.6) is 0 Å². The molecule has 0 fully saturated rings. The Morgan fingerprint density at radius 1 is 1.40 bits per heavy atom. The van der Waals surface area contributed by atoms with E-state index in [1.54, 1.807) is 29.9 Å². The number of aromatic nitrogens is 1. The summed E-state index contributed by atoms with van der Waals surface area (Å²) >= 11 is 9.05. The van der Waals surface area contributed by atoms with Crippen molar-refractivity contribution in [2.24, 2.45) is 7.05 Å². The molecule has 7 heteroatoms. The Morgan fingerprint density at radius 2 is 2.10 bits per heavy atom. The first-order valence-corrected chi connectivity index (χ1v) is 6.72. The van der Waals surface area contributed by atoms with Crippen LogP contribution in [0.4, 0.5) is 5.69 Å². The highest BCUT2D eigenvalue weighted by Crippen LogP contribution is 2.27. The minimum atomic E-state index is -1.12. The molecule has 0 unspecified atom stereocenters. The molecule has 0 aliphatic carbocycles. The van der Waals surface area contributed by atoms with Gasteiger partial charge in [0.25, 0.3) is 5.91 Å². The largest absolute Gasteiger partial charge is 0.478 e. The molecule has 0 atom stereocenters. The molecule has 0 aliphatic rings. The number of amides is 1. The molecule has 2 aromatic rings. The number of aryl methyl sites for hydroxylation is 1. The van der Waals surface area contributed by atoms with Crippen LogP contribution >= 0.6 is 27.5 Å². The second kappa shape index (κ2) is 5.68. The second-order valence-corrected chi connectivity index (χ2v) is 5.37. The Bertz CT molecular complexity index is 697. The summed E-state index contributed by atoms with van der Waals surface area (Å²) < 4.78 is 2.06. The van der Waals surface area contributed by atoms with E-state index in [9.17, 15) is 9.59 Å². The van der Waals surface area contributed by atoms with Gasteiger partial charge in [-0.2, -0.15) is 0 Å². The standard InChI is InChI=1S/C13H10BrClN2O3/c1-17-6-7(15)5-10(17)12(18)16-11-8(13(19)20)3-2-4-9(11)14/h2-6H,1H3,(H,16,18)(H,19,20). The number of nitrogens with zero attached hydrogens (tertiary/aromatic N) is 1. The number of carbonyl (C=O) groups is 2. The fraction of sp³-hybridized carbons (Fsp3) is 0.0769. The molecule has 0 saturated heterocycles. The van der Waals surface area contributed by atoms with E-state index in [1.807, 2.05) is 0 Å². The fourth-order valence-corrected chi connectivity index (χ4v) is 2.47. The first-order valence-electron chi connectivity index (χ1n) is 5.55. The SMILES string of the molecule is Cn1cc(Cl)cc1C(=O)Nc1c(Br)cccc1C(=O)O. The Balaban J connectivity index is 2.37. The van der Waals surface area contributed by atoms with Crippen molar-refractivity contribution in [2.75, 3.05) is 5.32 Å². The Hall–Kier alpha value is -1.79. The van der Waals surface area contributed by atoms with E-state index in [1.165, 1.54) is 12.1 Å². The molecule has 1 aromatic carbocycles. The van der Waals surface area contributed by atoms with Crippen LogP contribution in [0.3, 0.4) is 0 Å². The van der Waals surface area contributed by atoms with Crippen LogP contribution < -0.4 is 5.32 Å². The van der Waals surface area contributed by atoms with Gasteiger partial charge < -0.3 is 15.0 Å². The molecule has 0 bridgehead atoms. The van der Waals surface area contributed by atoms with Crippen molar-refractivity contribution in [3.05, 3.63) is 51.2 Å². The van der Waals surface area contributed by atoms with Gasteiger partial charge in [0.15, 0.2) is 0 Å². The number of benzene rings is 1. The molecule has 2 rings (SSSR count). The van der Waals surface area contributed by atoms with E-state index in [0.717, 1.165) is 0 Å². The van der Waals surface area contributed by atoms with Crippen molar-refractivity contribution in [3.8, 4) is 0 Å². The van der Waals surface area contributed by atoms with Gasteiger partial charge in [-0.3, -0.25) is 4.79 Å². The van der Waals surface area contributed by atoms with Gasteiger partial charge >= 0.3 is 5.97 Å². The second-order valence-electron chi connectivity index (χ2n) is 4.08. The van der Waals surface area contributed by atoms with Gasteiger partial charge in [-0.15, -0.1) is 0 Å². The van der Waals surface area contributed by atoms with E-state index in [4.69, 9.17) is 16.7 Å². The molecule has 1 heterocycles. The molecule has 1 amide bonds. The minimum Gasteiger partial charge on any atom is -0.478 e. The molecule has 0 saturated carbocycles. The predicted molar refractivity (Wildman–Crippen MR) is 79.5 cm³/mol. The van der Waals surface area contributed by atoms with Crippen LogP contribution in [0.1, 0.15) is 20.8 Å². The maximum absolute atomic E-state index is 12.2. The summed E-state index contributed by atoms with van der Waals surface area (Å²) in [6.45, 7) is 0. The highest BCUT2D eigenvalue weighted by molar-refractivity contribution is 9.10. The van der Waals surface area contributed by atoms with Crippen LogP contribution in [-0.4, -0.2) is 21.6 Å². The van der Waals surface area contributed by atoms with Crippen LogP contribution in [0, 0.1) is 0 Å². The number of carbonyl (C=O) groups excluding carboxylic acids is 1. The van der Waals surface area contributed by atoms with Crippen molar-refractivity contribution >= 4 is 45.1 Å². The lowest BCUT2D eigenvalue weighted by molar-refractivity contribution is 0.0698. The molecule has 2 N–H and O–H groups in total. The predicted octanol–water partition coefficient (Wildman–Crippen LogP) is 3.39. The number of carboxylic acids is 1. The molecule has 0 spiro atoms. The third-order valence-electron chi connectivity index (χ3n) is 2.69. The molecular weight excluding hydrogens is 348 g/mol. The first kappa shape index (κ1) is 14.6. The van der Waals surface area contributed by atoms with E-state index in [2.05, 4.69) is 21.2 Å². The summed E-state index contributed by atoms with van der Waals surface area (Å²) in [6, 6.07) is 6.16. The summed E-state index contributed by atoms with van der Waals surface area (Å²) in [5.41, 5.74) is 0.553. The van der Waals surface area contributed by atoms with Crippen molar-refractivity contribution in [1.29, 1.82) is 0 Å². The normalized spacial score (nSPS) is 10.3. The molecule has 0 aliphatic heterocycles. The van der Waals surface area contributed by atoms with Crippen molar-refractivity contribution < 1.29 is 14.7 Å². The molecule has 1 aromatic heterocycles. The van der Waals surface area contributed by atoms with E-state index in [0.29, 0.717) is 15.2 Å². The van der Waals surface area contributed by atoms with E-state index in [-0.39, 0.29) is 11.3 Å². The van der Waals surface area contributed by atoms with Crippen molar-refractivity contribution in [3.63, 3.8) is 0 Å². The maximum Gasteiger partial charge on any atom is 0.337 e. The van der Waals surface area contributed by atoms with Crippen LogP contribution in [0.15, 0.2) is 34.9 Å². The zero-order valence-corrected chi connectivity index (χ0v) is 12.7. The highest BCUT2D eigenvalue weighted by atomic mass is 79.9. The number of aromatic carboxylic acids is 1. The van der Waals surface area contributed by atoms with Gasteiger partial charge in [0.2, 0.25) is 0 Å². The lowest BCUT2D eigenvalue weighted by atomic mass is 10.1. The number of anilines is 1. The number of hydrogen-bond acceptors (Lipinski definition) is 2. The molecule has 20 heavy (non-hydrogen) atoms. The molecular formula is C13H10BrClN2O3. The Morgan fingerprint density at radius 3 is 2.65 bits per heavy atom. The van der Waals surface area contributed by atoms with E-state index >= 15 is 0 Å². The smallest absolute Gasteiger partial charge is 0.337 e. The Labute approximate surface area is 128 Å². The van der Waals surface area contributed by atoms with Gasteiger partial charge in [0.1, 0.15) is 5.69 Å². The molecule has 5 nitrogen and oxygen atoms in total. The molecule has 0 radical (unpaired) electrons.